The van der Waals surface area contributed by atoms with E-state index in [4.69, 9.17) is 9.84 Å². The average molecular weight is 235 g/mol. The molecule has 1 aromatic carbocycles. The van der Waals surface area contributed by atoms with Crippen LogP contribution in [-0.2, 0) is 11.3 Å². The summed E-state index contributed by atoms with van der Waals surface area (Å²) in [5.41, 5.74) is 0.528. The Hall–Kier alpha value is -1.55. The van der Waals surface area contributed by atoms with Crippen LogP contribution in [0.5, 0.6) is 5.75 Å². The summed E-state index contributed by atoms with van der Waals surface area (Å²) in [6.07, 6.45) is 1.58. The van der Waals surface area contributed by atoms with E-state index < -0.39 is 5.41 Å². The summed E-state index contributed by atoms with van der Waals surface area (Å²) in [5.74, 6) is 0.755. The van der Waals surface area contributed by atoms with E-state index >= 15 is 0 Å². The standard InChI is InChI=1S/C13H17NO3/c1-17-11-4-2-10(3-5-11)8-14-12(16)13(9-15)6-7-13/h2-5,15H,6-9H2,1H3,(H,14,16). The van der Waals surface area contributed by atoms with E-state index in [1.54, 1.807) is 7.11 Å². The van der Waals surface area contributed by atoms with E-state index in [-0.39, 0.29) is 12.5 Å². The van der Waals surface area contributed by atoms with Gasteiger partial charge in [-0.2, -0.15) is 0 Å². The lowest BCUT2D eigenvalue weighted by Crippen LogP contribution is -2.33. The van der Waals surface area contributed by atoms with Gasteiger partial charge in [0.1, 0.15) is 5.75 Å². The molecule has 2 N–H and O–H groups in total. The number of ether oxygens (including phenoxy) is 1. The van der Waals surface area contributed by atoms with Crippen LogP contribution in [0.4, 0.5) is 0 Å². The van der Waals surface area contributed by atoms with Gasteiger partial charge in [0.05, 0.1) is 19.1 Å². The second-order valence-corrected chi connectivity index (χ2v) is 4.47. The SMILES string of the molecule is COc1ccc(CNC(=O)C2(CO)CC2)cc1. The molecule has 0 atom stereocenters. The molecule has 17 heavy (non-hydrogen) atoms. The van der Waals surface area contributed by atoms with Gasteiger partial charge in [0.25, 0.3) is 0 Å². The molecule has 0 aliphatic heterocycles. The van der Waals surface area contributed by atoms with Crippen molar-refractivity contribution in [1.82, 2.24) is 5.32 Å². The number of benzene rings is 1. The van der Waals surface area contributed by atoms with Gasteiger partial charge in [0.15, 0.2) is 0 Å². The largest absolute Gasteiger partial charge is 0.497 e. The van der Waals surface area contributed by atoms with Crippen LogP contribution < -0.4 is 10.1 Å². The third-order valence-electron chi connectivity index (χ3n) is 3.25. The van der Waals surface area contributed by atoms with Gasteiger partial charge in [-0.15, -0.1) is 0 Å². The Balaban J connectivity index is 1.87. The van der Waals surface area contributed by atoms with Gasteiger partial charge >= 0.3 is 0 Å². The summed E-state index contributed by atoms with van der Waals surface area (Å²) in [7, 11) is 1.62. The Labute approximate surface area is 101 Å². The molecular formula is C13H17NO3. The Bertz CT molecular complexity index is 396. The van der Waals surface area contributed by atoms with E-state index in [2.05, 4.69) is 5.32 Å². The minimum atomic E-state index is -0.494. The smallest absolute Gasteiger partial charge is 0.228 e. The quantitative estimate of drug-likeness (QED) is 0.803. The van der Waals surface area contributed by atoms with Gasteiger partial charge in [-0.3, -0.25) is 4.79 Å². The molecule has 1 fully saturated rings. The highest BCUT2D eigenvalue weighted by Crippen LogP contribution is 2.45. The first-order valence-corrected chi connectivity index (χ1v) is 5.72. The number of aliphatic hydroxyl groups is 1. The van der Waals surface area contributed by atoms with Crippen LogP contribution in [0.3, 0.4) is 0 Å². The monoisotopic (exact) mass is 235 g/mol. The van der Waals surface area contributed by atoms with Gasteiger partial charge in [-0.25, -0.2) is 0 Å². The van der Waals surface area contributed by atoms with E-state index in [1.807, 2.05) is 24.3 Å². The van der Waals surface area contributed by atoms with Gasteiger partial charge in [-0.05, 0) is 30.5 Å². The first-order valence-electron chi connectivity index (χ1n) is 5.72. The van der Waals surface area contributed by atoms with E-state index in [9.17, 15) is 4.79 Å². The lowest BCUT2D eigenvalue weighted by molar-refractivity contribution is -0.127. The fourth-order valence-electron chi connectivity index (χ4n) is 1.72. The molecule has 1 saturated carbocycles. The van der Waals surface area contributed by atoms with Crippen LogP contribution in [0.2, 0.25) is 0 Å². The molecule has 1 aliphatic carbocycles. The zero-order valence-corrected chi connectivity index (χ0v) is 9.90. The van der Waals surface area contributed by atoms with Crippen molar-refractivity contribution in [3.63, 3.8) is 0 Å². The van der Waals surface area contributed by atoms with Gasteiger partial charge in [0, 0.05) is 6.54 Å². The van der Waals surface area contributed by atoms with Crippen molar-refractivity contribution in [3.8, 4) is 5.75 Å². The first-order chi connectivity index (χ1) is 8.20. The maximum absolute atomic E-state index is 11.8. The van der Waals surface area contributed by atoms with Crippen LogP contribution in [0.25, 0.3) is 0 Å². The molecule has 2 rings (SSSR count). The number of carbonyl (C=O) groups excluding carboxylic acids is 1. The summed E-state index contributed by atoms with van der Waals surface area (Å²) in [6, 6.07) is 7.55. The van der Waals surface area contributed by atoms with Gasteiger partial charge in [0.2, 0.25) is 5.91 Å². The van der Waals surface area contributed by atoms with Crippen molar-refractivity contribution in [3.05, 3.63) is 29.8 Å². The molecule has 1 aromatic rings. The third-order valence-corrected chi connectivity index (χ3v) is 3.25. The molecule has 1 amide bonds. The second kappa shape index (κ2) is 4.75. The number of hydrogen-bond acceptors (Lipinski definition) is 3. The van der Waals surface area contributed by atoms with Crippen LogP contribution in [0, 0.1) is 5.41 Å². The van der Waals surface area contributed by atoms with Crippen molar-refractivity contribution in [1.29, 1.82) is 0 Å². The summed E-state index contributed by atoms with van der Waals surface area (Å²) >= 11 is 0. The summed E-state index contributed by atoms with van der Waals surface area (Å²) < 4.78 is 5.06. The fourth-order valence-corrected chi connectivity index (χ4v) is 1.72. The molecule has 4 nitrogen and oxygen atoms in total. The molecule has 1 aliphatic rings. The first kappa shape index (κ1) is 11.9. The van der Waals surface area contributed by atoms with Crippen molar-refractivity contribution >= 4 is 5.91 Å². The van der Waals surface area contributed by atoms with Crippen molar-refractivity contribution < 1.29 is 14.6 Å². The maximum Gasteiger partial charge on any atom is 0.228 e. The highest BCUT2D eigenvalue weighted by molar-refractivity contribution is 5.85. The lowest BCUT2D eigenvalue weighted by Gasteiger charge is -2.12. The summed E-state index contributed by atoms with van der Waals surface area (Å²) in [5, 5.41) is 12.0. The number of nitrogens with one attached hydrogen (secondary N) is 1. The van der Waals surface area contributed by atoms with Gasteiger partial charge < -0.3 is 15.2 Å². The zero-order chi connectivity index (χ0) is 12.3. The van der Waals surface area contributed by atoms with Crippen molar-refractivity contribution in [2.45, 2.75) is 19.4 Å². The molecule has 0 heterocycles. The topological polar surface area (TPSA) is 58.6 Å². The summed E-state index contributed by atoms with van der Waals surface area (Å²) in [4.78, 5) is 11.8. The third kappa shape index (κ3) is 2.58. The Morgan fingerprint density at radius 2 is 2.06 bits per heavy atom. The van der Waals surface area contributed by atoms with E-state index in [1.165, 1.54) is 0 Å². The summed E-state index contributed by atoms with van der Waals surface area (Å²) in [6.45, 7) is 0.437. The number of methoxy groups -OCH3 is 1. The zero-order valence-electron chi connectivity index (χ0n) is 9.90. The molecule has 0 saturated heterocycles. The van der Waals surface area contributed by atoms with Crippen LogP contribution in [0.15, 0.2) is 24.3 Å². The fraction of sp³-hybridized carbons (Fsp3) is 0.462. The van der Waals surface area contributed by atoms with E-state index in [0.29, 0.717) is 6.54 Å². The molecule has 0 aromatic heterocycles. The number of amides is 1. The molecular weight excluding hydrogens is 218 g/mol. The normalized spacial score (nSPS) is 16.4. The molecule has 92 valence electrons. The average Bonchev–Trinajstić information content (AvgIpc) is 3.17. The molecule has 0 bridgehead atoms. The molecule has 0 spiro atoms. The van der Waals surface area contributed by atoms with Gasteiger partial charge in [-0.1, -0.05) is 12.1 Å². The van der Waals surface area contributed by atoms with Crippen LogP contribution >= 0.6 is 0 Å². The minimum absolute atomic E-state index is 0.0455. The van der Waals surface area contributed by atoms with Crippen molar-refractivity contribution in [2.24, 2.45) is 5.41 Å². The Morgan fingerprint density at radius 1 is 1.41 bits per heavy atom. The Morgan fingerprint density at radius 3 is 2.53 bits per heavy atom. The molecule has 0 radical (unpaired) electrons. The Kier molecular flexibility index (Phi) is 3.33. The number of rotatable bonds is 5. The second-order valence-electron chi connectivity index (χ2n) is 4.47. The highest BCUT2D eigenvalue weighted by atomic mass is 16.5. The van der Waals surface area contributed by atoms with E-state index in [0.717, 1.165) is 24.2 Å². The minimum Gasteiger partial charge on any atom is -0.497 e. The van der Waals surface area contributed by atoms with Crippen molar-refractivity contribution in [2.75, 3.05) is 13.7 Å². The molecule has 0 unspecified atom stereocenters. The maximum atomic E-state index is 11.8. The lowest BCUT2D eigenvalue weighted by atomic mass is 10.1. The number of aliphatic hydroxyl groups excluding tert-OH is 1. The molecule has 4 heteroatoms. The van der Waals surface area contributed by atoms with Crippen LogP contribution in [0.1, 0.15) is 18.4 Å². The predicted molar refractivity (Wildman–Crippen MR) is 63.6 cm³/mol. The number of hydrogen-bond donors (Lipinski definition) is 2. The van der Waals surface area contributed by atoms with Crippen LogP contribution in [-0.4, -0.2) is 24.7 Å². The highest BCUT2D eigenvalue weighted by Gasteiger charge is 2.49. The number of carbonyl (C=O) groups is 1. The predicted octanol–water partition coefficient (Wildman–Crippen LogP) is 1.08.